The van der Waals surface area contributed by atoms with Gasteiger partial charge >= 0.3 is 0 Å². The minimum absolute atomic E-state index is 0.245. The largest absolute Gasteiger partial charge is 0.366 e. The van der Waals surface area contributed by atoms with Gasteiger partial charge < -0.3 is 10.6 Å². The first kappa shape index (κ1) is 12.0. The lowest BCUT2D eigenvalue weighted by molar-refractivity contribution is 0.619. The first-order chi connectivity index (χ1) is 8.22. The minimum Gasteiger partial charge on any atom is -0.366 e. The molecule has 0 aliphatic carbocycles. The number of aromatic nitrogens is 1. The monoisotopic (exact) mass is 251 g/mol. The van der Waals surface area contributed by atoms with Crippen molar-refractivity contribution >= 4 is 17.0 Å². The predicted molar refractivity (Wildman–Crippen MR) is 68.5 cm³/mol. The lowest BCUT2D eigenvalue weighted by Gasteiger charge is -2.21. The minimum atomic E-state index is -0.245. The fourth-order valence-electron chi connectivity index (χ4n) is 1.79. The van der Waals surface area contributed by atoms with Crippen molar-refractivity contribution in [2.75, 3.05) is 11.9 Å². The smallest absolute Gasteiger partial charge is 0.146 e. The molecule has 0 aliphatic rings. The molecule has 0 radical (unpaired) electrons. The van der Waals surface area contributed by atoms with E-state index in [4.69, 9.17) is 5.73 Å². The van der Waals surface area contributed by atoms with Crippen LogP contribution < -0.4 is 10.6 Å². The van der Waals surface area contributed by atoms with E-state index in [-0.39, 0.29) is 5.82 Å². The van der Waals surface area contributed by atoms with E-state index < -0.39 is 0 Å². The third-order valence-electron chi connectivity index (χ3n) is 2.55. The van der Waals surface area contributed by atoms with E-state index in [0.717, 1.165) is 11.3 Å². The first-order valence-electron chi connectivity index (χ1n) is 5.28. The summed E-state index contributed by atoms with van der Waals surface area (Å²) in [5.74, 6) is -0.245. The zero-order chi connectivity index (χ0) is 12.3. The van der Waals surface area contributed by atoms with Gasteiger partial charge in [-0.25, -0.2) is 9.37 Å². The van der Waals surface area contributed by atoms with Crippen LogP contribution in [0.4, 0.5) is 10.1 Å². The van der Waals surface area contributed by atoms with E-state index in [1.54, 1.807) is 11.6 Å². The topological polar surface area (TPSA) is 42.2 Å². The van der Waals surface area contributed by atoms with Crippen LogP contribution in [0.2, 0.25) is 0 Å². The third kappa shape index (κ3) is 2.62. The molecule has 0 fully saturated rings. The van der Waals surface area contributed by atoms with Gasteiger partial charge in [0.25, 0.3) is 0 Å². The molecule has 2 rings (SSSR count). The Morgan fingerprint density at radius 2 is 2.29 bits per heavy atom. The highest BCUT2D eigenvalue weighted by Crippen LogP contribution is 2.24. The van der Waals surface area contributed by atoms with Gasteiger partial charge in [-0.15, -0.1) is 11.3 Å². The van der Waals surface area contributed by atoms with Crippen molar-refractivity contribution in [2.45, 2.75) is 13.1 Å². The van der Waals surface area contributed by atoms with Crippen molar-refractivity contribution in [1.82, 2.24) is 4.98 Å². The summed E-state index contributed by atoms with van der Waals surface area (Å²) in [7, 11) is 1.84. The number of anilines is 1. The van der Waals surface area contributed by atoms with Gasteiger partial charge in [0.1, 0.15) is 5.82 Å². The molecule has 0 atom stereocenters. The number of para-hydroxylation sites is 1. The molecule has 2 aromatic rings. The van der Waals surface area contributed by atoms with Gasteiger partial charge in [-0.2, -0.15) is 0 Å². The molecular weight excluding hydrogens is 237 g/mol. The van der Waals surface area contributed by atoms with Crippen LogP contribution in [0, 0.1) is 5.82 Å². The molecule has 0 saturated carbocycles. The molecule has 90 valence electrons. The number of hydrogen-bond acceptors (Lipinski definition) is 4. The Kier molecular flexibility index (Phi) is 3.71. The standard InChI is InChI=1S/C12H14FN3S/c1-16(6-10-7-17-8-15-10)12-9(5-14)3-2-4-11(12)13/h2-4,7-8H,5-6,14H2,1H3. The molecule has 1 aromatic carbocycles. The molecule has 1 heterocycles. The van der Waals surface area contributed by atoms with Crippen LogP contribution in [-0.4, -0.2) is 12.0 Å². The third-order valence-corrected chi connectivity index (χ3v) is 3.19. The summed E-state index contributed by atoms with van der Waals surface area (Å²) in [6.07, 6.45) is 0. The molecule has 0 bridgehead atoms. The Hall–Kier alpha value is -1.46. The molecule has 0 spiro atoms. The fourth-order valence-corrected chi connectivity index (χ4v) is 2.34. The normalized spacial score (nSPS) is 10.5. The van der Waals surface area contributed by atoms with Crippen LogP contribution in [0.3, 0.4) is 0 Å². The Morgan fingerprint density at radius 3 is 2.94 bits per heavy atom. The lowest BCUT2D eigenvalue weighted by atomic mass is 10.1. The number of rotatable bonds is 4. The number of nitrogens with two attached hydrogens (primary N) is 1. The molecule has 2 N–H and O–H groups in total. The van der Waals surface area contributed by atoms with E-state index in [2.05, 4.69) is 4.98 Å². The highest BCUT2D eigenvalue weighted by atomic mass is 32.1. The number of nitrogens with zero attached hydrogens (tertiary/aromatic N) is 2. The average Bonchev–Trinajstić information content (AvgIpc) is 2.81. The predicted octanol–water partition coefficient (Wildman–Crippen LogP) is 2.38. The molecular formula is C12H14FN3S. The number of thiazole rings is 1. The van der Waals surface area contributed by atoms with Crippen LogP contribution in [-0.2, 0) is 13.1 Å². The molecule has 0 aliphatic heterocycles. The Labute approximate surface area is 104 Å². The zero-order valence-electron chi connectivity index (χ0n) is 9.56. The number of benzene rings is 1. The van der Waals surface area contributed by atoms with Crippen LogP contribution in [0.1, 0.15) is 11.3 Å². The van der Waals surface area contributed by atoms with Gasteiger partial charge in [0.2, 0.25) is 0 Å². The highest BCUT2D eigenvalue weighted by Gasteiger charge is 2.12. The highest BCUT2D eigenvalue weighted by molar-refractivity contribution is 7.07. The van der Waals surface area contributed by atoms with Crippen molar-refractivity contribution in [1.29, 1.82) is 0 Å². The van der Waals surface area contributed by atoms with Gasteiger partial charge in [0.15, 0.2) is 0 Å². The maximum Gasteiger partial charge on any atom is 0.146 e. The number of hydrogen-bond donors (Lipinski definition) is 1. The summed E-state index contributed by atoms with van der Waals surface area (Å²) in [5, 5.41) is 1.96. The van der Waals surface area contributed by atoms with Crippen molar-refractivity contribution in [3.05, 3.63) is 46.2 Å². The van der Waals surface area contributed by atoms with Crippen LogP contribution in [0.25, 0.3) is 0 Å². The first-order valence-corrected chi connectivity index (χ1v) is 6.22. The van der Waals surface area contributed by atoms with Gasteiger partial charge in [-0.3, -0.25) is 0 Å². The zero-order valence-corrected chi connectivity index (χ0v) is 10.4. The summed E-state index contributed by atoms with van der Waals surface area (Å²) < 4.78 is 13.8. The fraction of sp³-hybridized carbons (Fsp3) is 0.250. The second kappa shape index (κ2) is 5.25. The van der Waals surface area contributed by atoms with Gasteiger partial charge in [-0.05, 0) is 11.6 Å². The quantitative estimate of drug-likeness (QED) is 0.907. The molecule has 3 nitrogen and oxygen atoms in total. The molecule has 17 heavy (non-hydrogen) atoms. The average molecular weight is 251 g/mol. The molecule has 0 amide bonds. The van der Waals surface area contributed by atoms with E-state index in [1.807, 2.05) is 23.4 Å². The molecule has 0 unspecified atom stereocenters. The Balaban J connectivity index is 2.26. The lowest BCUT2D eigenvalue weighted by Crippen LogP contribution is -2.20. The van der Waals surface area contributed by atoms with Crippen LogP contribution in [0.5, 0.6) is 0 Å². The summed E-state index contributed by atoms with van der Waals surface area (Å²) in [6.45, 7) is 0.909. The van der Waals surface area contributed by atoms with Gasteiger partial charge in [-0.1, -0.05) is 12.1 Å². The maximum atomic E-state index is 13.8. The SMILES string of the molecule is CN(Cc1cscn1)c1c(F)cccc1CN. The van der Waals surface area contributed by atoms with Crippen LogP contribution >= 0.6 is 11.3 Å². The molecule has 5 heteroatoms. The van der Waals surface area contributed by atoms with Gasteiger partial charge in [0.05, 0.1) is 23.4 Å². The summed E-state index contributed by atoms with van der Waals surface area (Å²) in [6, 6.07) is 4.97. The van der Waals surface area contributed by atoms with Gasteiger partial charge in [0, 0.05) is 19.0 Å². The second-order valence-electron chi connectivity index (χ2n) is 3.79. The summed E-state index contributed by atoms with van der Waals surface area (Å²) >= 11 is 1.53. The molecule has 0 saturated heterocycles. The summed E-state index contributed by atoms with van der Waals surface area (Å²) in [5.41, 5.74) is 9.70. The maximum absolute atomic E-state index is 13.8. The second-order valence-corrected chi connectivity index (χ2v) is 4.51. The van der Waals surface area contributed by atoms with Crippen LogP contribution in [0.15, 0.2) is 29.1 Å². The molecule has 1 aromatic heterocycles. The van der Waals surface area contributed by atoms with Crippen molar-refractivity contribution < 1.29 is 4.39 Å². The Morgan fingerprint density at radius 1 is 1.47 bits per heavy atom. The number of halogens is 1. The van der Waals surface area contributed by atoms with E-state index in [9.17, 15) is 4.39 Å². The summed E-state index contributed by atoms with van der Waals surface area (Å²) in [4.78, 5) is 6.03. The van der Waals surface area contributed by atoms with E-state index in [1.165, 1.54) is 17.4 Å². The van der Waals surface area contributed by atoms with Crippen molar-refractivity contribution in [3.8, 4) is 0 Å². The van der Waals surface area contributed by atoms with E-state index in [0.29, 0.717) is 18.8 Å². The van der Waals surface area contributed by atoms with Crippen molar-refractivity contribution in [2.24, 2.45) is 5.73 Å². The van der Waals surface area contributed by atoms with Crippen molar-refractivity contribution in [3.63, 3.8) is 0 Å². The van der Waals surface area contributed by atoms with E-state index >= 15 is 0 Å². The Bertz CT molecular complexity index is 485.